The molecular weight excluding hydrogens is 290 g/mol. The fourth-order valence-corrected chi connectivity index (χ4v) is 4.45. The Balaban J connectivity index is 1.43. The third-order valence-electron chi connectivity index (χ3n) is 5.72. The van der Waals surface area contributed by atoms with Gasteiger partial charge in [0, 0.05) is 24.4 Å². The predicted octanol–water partition coefficient (Wildman–Crippen LogP) is 2.53. The first kappa shape index (κ1) is 14.9. The van der Waals surface area contributed by atoms with E-state index in [1.54, 1.807) is 0 Å². The van der Waals surface area contributed by atoms with Gasteiger partial charge in [0.05, 0.1) is 19.3 Å². The second-order valence-electron chi connectivity index (χ2n) is 7.04. The van der Waals surface area contributed by atoms with Crippen molar-refractivity contribution in [3.05, 3.63) is 35.9 Å². The molecule has 1 aromatic carbocycles. The van der Waals surface area contributed by atoms with Crippen molar-refractivity contribution < 1.29 is 14.3 Å². The summed E-state index contributed by atoms with van der Waals surface area (Å²) >= 11 is 0. The van der Waals surface area contributed by atoms with Gasteiger partial charge in [0.25, 0.3) is 0 Å². The van der Waals surface area contributed by atoms with Crippen molar-refractivity contribution in [3.8, 4) is 0 Å². The van der Waals surface area contributed by atoms with E-state index in [0.29, 0.717) is 43.6 Å². The summed E-state index contributed by atoms with van der Waals surface area (Å²) in [7, 11) is 0. The van der Waals surface area contributed by atoms with E-state index >= 15 is 0 Å². The summed E-state index contributed by atoms with van der Waals surface area (Å²) in [5, 5.41) is 0. The van der Waals surface area contributed by atoms with Crippen LogP contribution in [0.4, 0.5) is 0 Å². The highest BCUT2D eigenvalue weighted by molar-refractivity contribution is 5.96. The molecule has 1 heterocycles. The number of ether oxygens (including phenoxy) is 1. The van der Waals surface area contributed by atoms with Gasteiger partial charge in [0.15, 0.2) is 5.78 Å². The number of nitrogens with zero attached hydrogens (tertiary/aromatic N) is 1. The molecule has 4 atom stereocenters. The Kier molecular flexibility index (Phi) is 3.93. The van der Waals surface area contributed by atoms with Crippen LogP contribution in [0.25, 0.3) is 0 Å². The lowest BCUT2D eigenvalue weighted by Gasteiger charge is -2.36. The van der Waals surface area contributed by atoms with Gasteiger partial charge in [-0.25, -0.2) is 0 Å². The van der Waals surface area contributed by atoms with Gasteiger partial charge < -0.3 is 9.64 Å². The summed E-state index contributed by atoms with van der Waals surface area (Å²) < 4.78 is 5.55. The number of Topliss-reactive ketones (excluding diaryl/α,β-unsaturated/α-hetero) is 1. The second-order valence-corrected chi connectivity index (χ2v) is 7.04. The molecule has 1 unspecified atom stereocenters. The highest BCUT2D eigenvalue weighted by Gasteiger charge is 2.58. The molecule has 1 aliphatic heterocycles. The van der Waals surface area contributed by atoms with Crippen LogP contribution in [0.15, 0.2) is 30.3 Å². The summed E-state index contributed by atoms with van der Waals surface area (Å²) in [6.07, 6.45) is 4.05. The summed E-state index contributed by atoms with van der Waals surface area (Å²) in [6.45, 7) is 1.69. The van der Waals surface area contributed by atoms with Crippen LogP contribution in [0.2, 0.25) is 0 Å². The SMILES string of the molecule is O=C(C[C@@H]1COCCN1C(=O)C1[C@H]2CCC[C@@H]12)c1ccccc1. The summed E-state index contributed by atoms with van der Waals surface area (Å²) in [5.74, 6) is 1.84. The van der Waals surface area contributed by atoms with Crippen molar-refractivity contribution in [2.45, 2.75) is 31.7 Å². The van der Waals surface area contributed by atoms with Crippen LogP contribution < -0.4 is 0 Å². The van der Waals surface area contributed by atoms with Gasteiger partial charge in [-0.15, -0.1) is 0 Å². The van der Waals surface area contributed by atoms with Gasteiger partial charge in [0.2, 0.25) is 5.91 Å². The van der Waals surface area contributed by atoms with E-state index in [9.17, 15) is 9.59 Å². The van der Waals surface area contributed by atoms with E-state index in [0.717, 1.165) is 0 Å². The minimum absolute atomic E-state index is 0.0925. The first-order valence-corrected chi connectivity index (χ1v) is 8.72. The van der Waals surface area contributed by atoms with Gasteiger partial charge in [-0.3, -0.25) is 9.59 Å². The topological polar surface area (TPSA) is 46.6 Å². The molecule has 122 valence electrons. The molecule has 3 aliphatic rings. The van der Waals surface area contributed by atoms with Crippen molar-refractivity contribution in [1.29, 1.82) is 0 Å². The van der Waals surface area contributed by atoms with Crippen molar-refractivity contribution in [2.24, 2.45) is 17.8 Å². The van der Waals surface area contributed by atoms with E-state index in [1.165, 1.54) is 19.3 Å². The molecule has 0 radical (unpaired) electrons. The van der Waals surface area contributed by atoms with Crippen molar-refractivity contribution in [2.75, 3.05) is 19.8 Å². The van der Waals surface area contributed by atoms with Gasteiger partial charge in [-0.2, -0.15) is 0 Å². The summed E-state index contributed by atoms with van der Waals surface area (Å²) in [6, 6.07) is 9.22. The summed E-state index contributed by atoms with van der Waals surface area (Å²) in [4.78, 5) is 27.3. The Bertz CT molecular complexity index is 590. The minimum Gasteiger partial charge on any atom is -0.377 e. The van der Waals surface area contributed by atoms with E-state index in [-0.39, 0.29) is 23.7 Å². The van der Waals surface area contributed by atoms with Crippen LogP contribution in [-0.2, 0) is 9.53 Å². The second kappa shape index (κ2) is 6.08. The lowest BCUT2D eigenvalue weighted by molar-refractivity contribution is -0.142. The average molecular weight is 313 g/mol. The highest BCUT2D eigenvalue weighted by Crippen LogP contribution is 2.58. The number of rotatable bonds is 4. The molecule has 1 aromatic rings. The molecule has 23 heavy (non-hydrogen) atoms. The van der Waals surface area contributed by atoms with E-state index in [2.05, 4.69) is 0 Å². The number of carbonyl (C=O) groups excluding carboxylic acids is 2. The highest BCUT2D eigenvalue weighted by atomic mass is 16.5. The number of morpholine rings is 1. The Morgan fingerprint density at radius 1 is 1.13 bits per heavy atom. The van der Waals surface area contributed by atoms with Gasteiger partial charge in [-0.05, 0) is 24.7 Å². The normalized spacial score (nSPS) is 32.4. The van der Waals surface area contributed by atoms with Gasteiger partial charge >= 0.3 is 0 Å². The number of hydrogen-bond donors (Lipinski definition) is 0. The fraction of sp³-hybridized carbons (Fsp3) is 0.579. The van der Waals surface area contributed by atoms with Crippen LogP contribution >= 0.6 is 0 Å². The zero-order chi connectivity index (χ0) is 15.8. The molecule has 4 rings (SSSR count). The van der Waals surface area contributed by atoms with Gasteiger partial charge in [0.1, 0.15) is 0 Å². The van der Waals surface area contributed by atoms with Crippen LogP contribution in [0, 0.1) is 17.8 Å². The molecule has 0 N–H and O–H groups in total. The zero-order valence-corrected chi connectivity index (χ0v) is 13.3. The van der Waals surface area contributed by atoms with Gasteiger partial charge in [-0.1, -0.05) is 36.8 Å². The van der Waals surface area contributed by atoms with E-state index in [1.807, 2.05) is 35.2 Å². The van der Waals surface area contributed by atoms with Crippen molar-refractivity contribution >= 4 is 11.7 Å². The number of fused-ring (bicyclic) bond motifs is 1. The third kappa shape index (κ3) is 2.80. The molecule has 1 amide bonds. The molecular formula is C19H23NO3. The monoisotopic (exact) mass is 313 g/mol. The lowest BCUT2D eigenvalue weighted by Crippen LogP contribution is -2.50. The van der Waals surface area contributed by atoms with Crippen LogP contribution in [0.5, 0.6) is 0 Å². The van der Waals surface area contributed by atoms with Crippen LogP contribution in [0.1, 0.15) is 36.0 Å². The number of hydrogen-bond acceptors (Lipinski definition) is 3. The molecule has 1 saturated heterocycles. The largest absolute Gasteiger partial charge is 0.377 e. The molecule has 2 aliphatic carbocycles. The number of ketones is 1. The zero-order valence-electron chi connectivity index (χ0n) is 13.3. The maximum atomic E-state index is 12.9. The minimum atomic E-state index is -0.106. The van der Waals surface area contributed by atoms with Crippen molar-refractivity contribution in [3.63, 3.8) is 0 Å². The maximum Gasteiger partial charge on any atom is 0.226 e. The van der Waals surface area contributed by atoms with E-state index < -0.39 is 0 Å². The molecule has 2 saturated carbocycles. The third-order valence-corrected chi connectivity index (χ3v) is 5.72. The molecule has 4 heteroatoms. The molecule has 3 fully saturated rings. The first-order valence-electron chi connectivity index (χ1n) is 8.72. The van der Waals surface area contributed by atoms with E-state index in [4.69, 9.17) is 4.74 Å². The smallest absolute Gasteiger partial charge is 0.226 e. The average Bonchev–Trinajstić information content (AvgIpc) is 3.07. The maximum absolute atomic E-state index is 12.9. The Labute approximate surface area is 136 Å². The quantitative estimate of drug-likeness (QED) is 0.803. The number of carbonyl (C=O) groups is 2. The molecule has 0 bridgehead atoms. The molecule has 4 nitrogen and oxygen atoms in total. The predicted molar refractivity (Wildman–Crippen MR) is 86.0 cm³/mol. The van der Waals surface area contributed by atoms with Crippen LogP contribution in [0.3, 0.4) is 0 Å². The number of amides is 1. The Morgan fingerprint density at radius 2 is 1.87 bits per heavy atom. The number of benzene rings is 1. The first-order chi connectivity index (χ1) is 11.3. The Morgan fingerprint density at radius 3 is 2.61 bits per heavy atom. The lowest BCUT2D eigenvalue weighted by atomic mass is 10.0. The van der Waals surface area contributed by atoms with Crippen molar-refractivity contribution in [1.82, 2.24) is 4.90 Å². The summed E-state index contributed by atoms with van der Waals surface area (Å²) in [5.41, 5.74) is 0.716. The van der Waals surface area contributed by atoms with Crippen LogP contribution in [-0.4, -0.2) is 42.4 Å². The molecule has 0 spiro atoms. The molecule has 0 aromatic heterocycles. The fourth-order valence-electron chi connectivity index (χ4n) is 4.45. The Hall–Kier alpha value is -1.68. The standard InChI is InChI=1S/C19H23NO3/c21-17(13-5-2-1-3-6-13)11-14-12-23-10-9-20(14)19(22)18-15-7-4-8-16(15)18/h1-3,5-6,14-16,18H,4,7-12H2/t14-,15-,16+,18?/m1/s1.